The van der Waals surface area contributed by atoms with Gasteiger partial charge >= 0.3 is 19.8 Å². The smallest absolute Gasteiger partial charge is 0.462 e. The van der Waals surface area contributed by atoms with Gasteiger partial charge in [0.25, 0.3) is 0 Å². The summed E-state index contributed by atoms with van der Waals surface area (Å²) in [4.78, 5) is 34.8. The van der Waals surface area contributed by atoms with Crippen LogP contribution < -0.4 is 5.73 Å². The maximum absolute atomic E-state index is 12.6. The van der Waals surface area contributed by atoms with Crippen molar-refractivity contribution >= 4 is 19.8 Å². The van der Waals surface area contributed by atoms with Gasteiger partial charge in [0, 0.05) is 19.4 Å². The molecule has 3 atom stereocenters. The third-order valence-corrected chi connectivity index (χ3v) is 8.91. The molecule has 58 heavy (non-hydrogen) atoms. The molecule has 2 unspecified atom stereocenters. The number of rotatable bonds is 37. The zero-order chi connectivity index (χ0) is 42.6. The lowest BCUT2D eigenvalue weighted by molar-refractivity contribution is -0.161. The van der Waals surface area contributed by atoms with Gasteiger partial charge in [-0.1, -0.05) is 148 Å². The number of carbonyl (C=O) groups is 2. The van der Waals surface area contributed by atoms with Crippen LogP contribution in [0.5, 0.6) is 0 Å². The topological polar surface area (TPSA) is 155 Å². The lowest BCUT2D eigenvalue weighted by atomic mass is 10.2. The molecule has 10 nitrogen and oxygen atoms in total. The van der Waals surface area contributed by atoms with Crippen LogP contribution >= 0.6 is 7.82 Å². The van der Waals surface area contributed by atoms with Crippen molar-refractivity contribution in [3.63, 3.8) is 0 Å². The minimum Gasteiger partial charge on any atom is -0.462 e. The molecule has 0 amide bonds. The summed E-state index contributed by atoms with van der Waals surface area (Å²) in [6.07, 6.45) is 52.7. The summed E-state index contributed by atoms with van der Waals surface area (Å²) in [6, 6.07) is 0. The molecule has 0 fully saturated rings. The van der Waals surface area contributed by atoms with Crippen molar-refractivity contribution in [2.24, 2.45) is 5.73 Å². The molecule has 326 valence electrons. The Bertz CT molecular complexity index is 1370. The zero-order valence-corrected chi connectivity index (χ0v) is 36.2. The number of hydrogen-bond acceptors (Lipinski definition) is 9. The number of allylic oxidation sites excluding steroid dienone is 18. The van der Waals surface area contributed by atoms with Crippen molar-refractivity contribution in [1.29, 1.82) is 0 Å². The summed E-state index contributed by atoms with van der Waals surface area (Å²) < 4.78 is 32.5. The maximum atomic E-state index is 12.6. The fourth-order valence-electron chi connectivity index (χ4n) is 4.79. The normalized spacial score (nSPS) is 15.1. The Kier molecular flexibility index (Phi) is 38.9. The van der Waals surface area contributed by atoms with Crippen molar-refractivity contribution in [3.05, 3.63) is 122 Å². The fourth-order valence-corrected chi connectivity index (χ4v) is 5.56. The molecular weight excluding hydrogens is 753 g/mol. The summed E-state index contributed by atoms with van der Waals surface area (Å²) in [5, 5.41) is 10.2. The monoisotopic (exact) mass is 828 g/mol. The molecule has 0 aromatic heterocycles. The van der Waals surface area contributed by atoms with E-state index >= 15 is 0 Å². The summed E-state index contributed by atoms with van der Waals surface area (Å²) in [6.45, 7) is 3.28. The van der Waals surface area contributed by atoms with Crippen LogP contribution in [0.4, 0.5) is 0 Å². The van der Waals surface area contributed by atoms with Gasteiger partial charge in [-0.15, -0.1) is 0 Å². The second-order valence-corrected chi connectivity index (χ2v) is 14.8. The van der Waals surface area contributed by atoms with Gasteiger partial charge < -0.3 is 25.2 Å². The molecule has 0 rings (SSSR count). The van der Waals surface area contributed by atoms with Gasteiger partial charge in [-0.2, -0.15) is 0 Å². The number of phosphoric acid groups is 1. The van der Waals surface area contributed by atoms with Gasteiger partial charge in [0.15, 0.2) is 6.10 Å². The van der Waals surface area contributed by atoms with Crippen LogP contribution in [0.3, 0.4) is 0 Å². The van der Waals surface area contributed by atoms with E-state index in [9.17, 15) is 24.2 Å². The SMILES string of the molecule is CC/C=C\C/C=C\C/C=C\C/C=C\C=C/C(O)C/C=C\CCC(=O)O[C@H](COC(=O)CCC/C=C\C/C=C\C/C=C\C/C=C\CCCCC)COP(=O)(O)OCCN. The van der Waals surface area contributed by atoms with Gasteiger partial charge in [-0.25, -0.2) is 4.57 Å². The van der Waals surface area contributed by atoms with Gasteiger partial charge in [-0.05, 0) is 83.5 Å². The largest absolute Gasteiger partial charge is 0.472 e. The first kappa shape index (κ1) is 54.4. The molecule has 0 spiro atoms. The minimum absolute atomic E-state index is 0.00433. The molecule has 0 aliphatic heterocycles. The van der Waals surface area contributed by atoms with Crippen LogP contribution in [0.1, 0.15) is 123 Å². The third-order valence-electron chi connectivity index (χ3n) is 7.93. The highest BCUT2D eigenvalue weighted by atomic mass is 31.2. The molecule has 0 radical (unpaired) electrons. The van der Waals surface area contributed by atoms with Crippen LogP contribution in [0.15, 0.2) is 122 Å². The average Bonchev–Trinajstić information content (AvgIpc) is 3.20. The van der Waals surface area contributed by atoms with Gasteiger partial charge in [0.2, 0.25) is 0 Å². The first-order valence-electron chi connectivity index (χ1n) is 21.1. The van der Waals surface area contributed by atoms with Gasteiger partial charge in [0.05, 0.1) is 19.3 Å². The standard InChI is InChI=1S/C47H74NO9P/c1-3-5-7-9-11-13-15-17-18-19-20-22-24-26-28-30-34-38-46(50)54-42-45(43-56-58(52,53)55-41-40-48)57-47(51)39-35-31-33-37-44(49)36-32-29-27-25-23-21-16-14-12-10-8-6-4-2/h6,8,11-14,17-18,20-23,26-29,31-33,36,44-45,49H,3-5,7,9-10,15-16,19,24-25,30,34-35,37-43,48H2,1-2H3,(H,52,53)/b8-6-,13-11-,14-12-,18-17-,22-20-,23-21-,28-26-,29-27-,33-31-,36-32-/t44?,45-/m1/s1. The molecule has 0 saturated carbocycles. The van der Waals surface area contributed by atoms with Crippen LogP contribution in [0.25, 0.3) is 0 Å². The Hall–Kier alpha value is -3.63. The van der Waals surface area contributed by atoms with Crippen LogP contribution in [-0.4, -0.2) is 60.5 Å². The Morgan fingerprint density at radius 1 is 0.621 bits per heavy atom. The highest BCUT2D eigenvalue weighted by Crippen LogP contribution is 2.43. The molecule has 4 N–H and O–H groups in total. The molecule has 0 bridgehead atoms. The van der Waals surface area contributed by atoms with Crippen molar-refractivity contribution in [1.82, 2.24) is 0 Å². The highest BCUT2D eigenvalue weighted by molar-refractivity contribution is 7.47. The van der Waals surface area contributed by atoms with E-state index in [1.807, 2.05) is 18.2 Å². The lowest BCUT2D eigenvalue weighted by Gasteiger charge is -2.19. The van der Waals surface area contributed by atoms with Crippen LogP contribution in [-0.2, 0) is 32.7 Å². The summed E-state index contributed by atoms with van der Waals surface area (Å²) in [5.41, 5.74) is 5.33. The number of nitrogens with two attached hydrogens (primary N) is 1. The number of aliphatic hydroxyl groups excluding tert-OH is 1. The number of aliphatic hydroxyl groups is 1. The predicted molar refractivity (Wildman–Crippen MR) is 239 cm³/mol. The van der Waals surface area contributed by atoms with Crippen molar-refractivity contribution < 1.29 is 42.7 Å². The number of unbranched alkanes of at least 4 members (excludes halogenated alkanes) is 4. The van der Waals surface area contributed by atoms with E-state index < -0.39 is 38.6 Å². The number of carbonyl (C=O) groups excluding carboxylic acids is 2. The number of esters is 2. The fraction of sp³-hybridized carbons (Fsp3) is 0.532. The molecule has 0 saturated heterocycles. The summed E-state index contributed by atoms with van der Waals surface area (Å²) in [7, 11) is -4.45. The first-order valence-corrected chi connectivity index (χ1v) is 22.6. The molecule has 0 aliphatic rings. The Labute approximate surface area is 350 Å². The molecule has 0 aromatic carbocycles. The Morgan fingerprint density at radius 2 is 1.17 bits per heavy atom. The van der Waals surface area contributed by atoms with Crippen molar-refractivity contribution in [3.8, 4) is 0 Å². The molecule has 0 aliphatic carbocycles. The number of ether oxygens (including phenoxy) is 2. The second kappa shape index (κ2) is 41.5. The minimum atomic E-state index is -4.45. The van der Waals surface area contributed by atoms with E-state index in [0.29, 0.717) is 25.7 Å². The van der Waals surface area contributed by atoms with E-state index in [-0.39, 0.29) is 32.6 Å². The molecule has 0 aromatic rings. The number of phosphoric ester groups is 1. The molecular formula is C47H74NO9P. The first-order chi connectivity index (χ1) is 28.2. The zero-order valence-electron chi connectivity index (χ0n) is 35.3. The summed E-state index contributed by atoms with van der Waals surface area (Å²) >= 11 is 0. The van der Waals surface area contributed by atoms with Crippen molar-refractivity contribution in [2.45, 2.75) is 135 Å². The Morgan fingerprint density at radius 3 is 1.76 bits per heavy atom. The molecule has 0 heterocycles. The molecule has 11 heteroatoms. The summed E-state index contributed by atoms with van der Waals surface area (Å²) in [5.74, 6) is -1.09. The van der Waals surface area contributed by atoms with Crippen LogP contribution in [0, 0.1) is 0 Å². The van der Waals surface area contributed by atoms with Gasteiger partial charge in [-0.3, -0.25) is 18.6 Å². The highest BCUT2D eigenvalue weighted by Gasteiger charge is 2.25. The lowest BCUT2D eigenvalue weighted by Crippen LogP contribution is -2.29. The maximum Gasteiger partial charge on any atom is 0.472 e. The van der Waals surface area contributed by atoms with E-state index in [2.05, 4.69) is 92.8 Å². The quantitative estimate of drug-likeness (QED) is 0.0181. The predicted octanol–water partition coefficient (Wildman–Crippen LogP) is 11.1. The average molecular weight is 828 g/mol. The third kappa shape index (κ3) is 40.6. The van der Waals surface area contributed by atoms with E-state index in [1.54, 1.807) is 24.3 Å². The van der Waals surface area contributed by atoms with E-state index in [4.69, 9.17) is 24.3 Å². The number of hydrogen-bond donors (Lipinski definition) is 3. The van der Waals surface area contributed by atoms with Gasteiger partial charge in [0.1, 0.15) is 6.61 Å². The second-order valence-electron chi connectivity index (χ2n) is 13.3. The van der Waals surface area contributed by atoms with Crippen molar-refractivity contribution in [2.75, 3.05) is 26.4 Å². The van der Waals surface area contributed by atoms with E-state index in [1.165, 1.54) is 19.3 Å². The van der Waals surface area contributed by atoms with Crippen LogP contribution in [0.2, 0.25) is 0 Å². The van der Waals surface area contributed by atoms with E-state index in [0.717, 1.165) is 51.4 Å². The Balaban J connectivity index is 4.52.